The van der Waals surface area contributed by atoms with E-state index >= 15 is 0 Å². The number of hydrogen-bond acceptors (Lipinski definition) is 3. The molecule has 4 nitrogen and oxygen atoms in total. The summed E-state index contributed by atoms with van der Waals surface area (Å²) in [6.07, 6.45) is 11.9. The van der Waals surface area contributed by atoms with E-state index in [4.69, 9.17) is 0 Å². The van der Waals surface area contributed by atoms with Crippen molar-refractivity contribution in [1.82, 2.24) is 5.32 Å². The SMILES string of the molecule is O=C1C=C2NC=CC=C2C2=CC=C[N+](=O)C12. The maximum absolute atomic E-state index is 11.8. The van der Waals surface area contributed by atoms with Crippen LogP contribution in [0.2, 0.25) is 0 Å². The number of fused-ring (bicyclic) bond motifs is 3. The van der Waals surface area contributed by atoms with Gasteiger partial charge in [0.15, 0.2) is 0 Å². The smallest absolute Gasteiger partial charge is 0.294 e. The Kier molecular flexibility index (Phi) is 1.77. The van der Waals surface area contributed by atoms with E-state index in [1.165, 1.54) is 12.3 Å². The summed E-state index contributed by atoms with van der Waals surface area (Å²) in [5.74, 6) is -0.180. The van der Waals surface area contributed by atoms with E-state index in [2.05, 4.69) is 5.32 Å². The van der Waals surface area contributed by atoms with Crippen LogP contribution < -0.4 is 5.32 Å². The predicted molar refractivity (Wildman–Crippen MR) is 58.1 cm³/mol. The average Bonchev–Trinajstić information content (AvgIpc) is 2.29. The molecule has 0 fully saturated rings. The third kappa shape index (κ3) is 1.13. The van der Waals surface area contributed by atoms with Gasteiger partial charge in [0.25, 0.3) is 6.04 Å². The highest BCUT2D eigenvalue weighted by Gasteiger charge is 2.42. The molecular weight excluding hydrogens is 204 g/mol. The van der Waals surface area contributed by atoms with Crippen molar-refractivity contribution in [2.75, 3.05) is 0 Å². The quantitative estimate of drug-likeness (QED) is 0.613. The van der Waals surface area contributed by atoms with Gasteiger partial charge in [-0.3, -0.25) is 4.79 Å². The number of hydrogen-bond donors (Lipinski definition) is 1. The van der Waals surface area contributed by atoms with E-state index in [-0.39, 0.29) is 5.78 Å². The van der Waals surface area contributed by atoms with Gasteiger partial charge < -0.3 is 5.32 Å². The number of ketones is 1. The van der Waals surface area contributed by atoms with Crippen molar-refractivity contribution in [3.8, 4) is 0 Å². The van der Waals surface area contributed by atoms with E-state index in [1.54, 1.807) is 12.3 Å². The number of carbonyl (C=O) groups is 1. The Morgan fingerprint density at radius 2 is 2.12 bits per heavy atom. The molecule has 0 radical (unpaired) electrons. The maximum atomic E-state index is 11.8. The molecule has 2 aliphatic heterocycles. The topological polar surface area (TPSA) is 49.2 Å². The number of nitroso groups, excluding NO2 is 1. The van der Waals surface area contributed by atoms with Gasteiger partial charge in [-0.25, -0.2) is 0 Å². The van der Waals surface area contributed by atoms with Crippen LogP contribution >= 0.6 is 0 Å². The largest absolute Gasteiger partial charge is 0.361 e. The predicted octanol–water partition coefficient (Wildman–Crippen LogP) is 1.10. The summed E-state index contributed by atoms with van der Waals surface area (Å²) in [6, 6.07) is -0.715. The fourth-order valence-corrected chi connectivity index (χ4v) is 2.10. The highest BCUT2D eigenvalue weighted by Crippen LogP contribution is 2.31. The van der Waals surface area contributed by atoms with Crippen molar-refractivity contribution in [3.05, 3.63) is 64.5 Å². The van der Waals surface area contributed by atoms with Crippen LogP contribution in [-0.2, 0) is 4.79 Å². The molecule has 0 aromatic rings. The summed E-state index contributed by atoms with van der Waals surface area (Å²) in [5.41, 5.74) is 2.44. The van der Waals surface area contributed by atoms with Gasteiger partial charge >= 0.3 is 0 Å². The fraction of sp³-hybridized carbons (Fsp3) is 0.0833. The molecule has 1 unspecified atom stereocenters. The lowest BCUT2D eigenvalue weighted by Gasteiger charge is -2.24. The Hall–Kier alpha value is -2.23. The lowest BCUT2D eigenvalue weighted by molar-refractivity contribution is -0.497. The van der Waals surface area contributed by atoms with Gasteiger partial charge in [0.2, 0.25) is 12.0 Å². The summed E-state index contributed by atoms with van der Waals surface area (Å²) in [6.45, 7) is 0. The van der Waals surface area contributed by atoms with Crippen LogP contribution in [0.5, 0.6) is 0 Å². The molecule has 2 heterocycles. The molecule has 1 atom stereocenters. The van der Waals surface area contributed by atoms with Crippen LogP contribution in [0.4, 0.5) is 0 Å². The molecule has 3 rings (SSSR count). The second-order valence-electron chi connectivity index (χ2n) is 3.77. The Morgan fingerprint density at radius 1 is 1.25 bits per heavy atom. The minimum atomic E-state index is -0.715. The van der Waals surface area contributed by atoms with Crippen LogP contribution in [0.3, 0.4) is 0 Å². The molecule has 0 spiro atoms. The molecule has 78 valence electrons. The Morgan fingerprint density at radius 3 is 3.00 bits per heavy atom. The molecule has 0 aromatic heterocycles. The third-order valence-electron chi connectivity index (χ3n) is 2.81. The highest BCUT2D eigenvalue weighted by molar-refractivity contribution is 6.00. The first-order chi connectivity index (χ1) is 7.77. The van der Waals surface area contributed by atoms with Gasteiger partial charge in [-0.1, -0.05) is 6.08 Å². The molecule has 0 aromatic carbocycles. The summed E-state index contributed by atoms with van der Waals surface area (Å²) in [4.78, 5) is 23.4. The number of nitrogens with one attached hydrogen (secondary N) is 1. The summed E-state index contributed by atoms with van der Waals surface area (Å²) >= 11 is 0. The van der Waals surface area contributed by atoms with Crippen molar-refractivity contribution >= 4 is 5.78 Å². The van der Waals surface area contributed by atoms with Gasteiger partial charge in [-0.15, -0.1) is 0 Å². The summed E-state index contributed by atoms with van der Waals surface area (Å²) in [5, 5.41) is 3.01. The monoisotopic (exact) mass is 213 g/mol. The van der Waals surface area contributed by atoms with Gasteiger partial charge in [0, 0.05) is 44.9 Å². The van der Waals surface area contributed by atoms with E-state index in [1.807, 2.05) is 18.2 Å². The number of allylic oxidation sites excluding steroid dienone is 5. The molecule has 0 saturated carbocycles. The Labute approximate surface area is 91.9 Å². The van der Waals surface area contributed by atoms with Crippen LogP contribution in [0.1, 0.15) is 0 Å². The maximum Gasteiger partial charge on any atom is 0.294 e. The zero-order valence-electron chi connectivity index (χ0n) is 8.38. The first kappa shape index (κ1) is 9.03. The van der Waals surface area contributed by atoms with E-state index in [9.17, 15) is 9.70 Å². The van der Waals surface area contributed by atoms with Crippen molar-refractivity contribution in [2.24, 2.45) is 0 Å². The van der Waals surface area contributed by atoms with Crippen LogP contribution in [0.25, 0.3) is 0 Å². The van der Waals surface area contributed by atoms with Gasteiger partial charge in [0.05, 0.1) is 0 Å². The lowest BCUT2D eigenvalue weighted by atomic mass is 9.85. The molecule has 0 saturated heterocycles. The van der Waals surface area contributed by atoms with Crippen LogP contribution in [0.15, 0.2) is 59.6 Å². The number of dihydropyridines is 1. The first-order valence-corrected chi connectivity index (χ1v) is 5.01. The van der Waals surface area contributed by atoms with Crippen molar-refractivity contribution in [2.45, 2.75) is 6.04 Å². The molecule has 1 N–H and O–H groups in total. The van der Waals surface area contributed by atoms with E-state index in [0.29, 0.717) is 4.76 Å². The van der Waals surface area contributed by atoms with Crippen molar-refractivity contribution in [1.29, 1.82) is 0 Å². The zero-order chi connectivity index (χ0) is 11.1. The van der Waals surface area contributed by atoms with Crippen LogP contribution in [0, 0.1) is 4.91 Å². The Bertz CT molecular complexity index is 547. The molecule has 16 heavy (non-hydrogen) atoms. The molecular formula is C12H9N2O2+. The van der Waals surface area contributed by atoms with Gasteiger partial charge in [0.1, 0.15) is 0 Å². The number of rotatable bonds is 0. The second-order valence-corrected chi connectivity index (χ2v) is 3.77. The average molecular weight is 213 g/mol. The number of nitrogens with zero attached hydrogens (tertiary/aromatic N) is 1. The molecule has 4 heteroatoms. The fourth-order valence-electron chi connectivity index (χ4n) is 2.10. The minimum absolute atomic E-state index is 0.180. The summed E-state index contributed by atoms with van der Waals surface area (Å²) < 4.78 is 0.699. The van der Waals surface area contributed by atoms with Gasteiger partial charge in [-0.2, -0.15) is 0 Å². The van der Waals surface area contributed by atoms with E-state index in [0.717, 1.165) is 16.8 Å². The molecule has 0 amide bonds. The van der Waals surface area contributed by atoms with Gasteiger partial charge in [-0.05, 0) is 12.2 Å². The van der Waals surface area contributed by atoms with E-state index < -0.39 is 6.04 Å². The summed E-state index contributed by atoms with van der Waals surface area (Å²) in [7, 11) is 0. The highest BCUT2D eigenvalue weighted by atomic mass is 16.3. The molecule has 0 bridgehead atoms. The second kappa shape index (κ2) is 3.13. The molecule has 1 aliphatic carbocycles. The third-order valence-corrected chi connectivity index (χ3v) is 2.81. The first-order valence-electron chi connectivity index (χ1n) is 5.01. The minimum Gasteiger partial charge on any atom is -0.361 e. The Balaban J connectivity index is 2.21. The normalized spacial score (nSPS) is 26.2. The number of carbonyl (C=O) groups excluding carboxylic acids is 1. The standard InChI is InChI=1S/C12H8N2O2/c15-11-7-10-8(3-1-5-13-10)9-4-2-6-14(16)12(9)11/h1-7,12H/p+1. The zero-order valence-corrected chi connectivity index (χ0v) is 8.38. The van der Waals surface area contributed by atoms with Crippen LogP contribution in [-0.4, -0.2) is 16.6 Å². The molecule has 3 aliphatic rings. The van der Waals surface area contributed by atoms with Crippen molar-refractivity contribution in [3.63, 3.8) is 0 Å². The lowest BCUT2D eigenvalue weighted by Crippen LogP contribution is -2.38. The van der Waals surface area contributed by atoms with Crippen molar-refractivity contribution < 1.29 is 9.55 Å².